The summed E-state index contributed by atoms with van der Waals surface area (Å²) in [4.78, 5) is 8.95. The third kappa shape index (κ3) is 2.67. The van der Waals surface area contributed by atoms with Crippen molar-refractivity contribution in [1.29, 1.82) is 0 Å². The first-order chi connectivity index (χ1) is 9.76. The first kappa shape index (κ1) is 13.1. The molecule has 20 heavy (non-hydrogen) atoms. The van der Waals surface area contributed by atoms with E-state index < -0.39 is 0 Å². The molecule has 104 valence electrons. The fourth-order valence-electron chi connectivity index (χ4n) is 2.69. The van der Waals surface area contributed by atoms with Crippen LogP contribution in [-0.2, 0) is 6.42 Å². The first-order valence-electron chi connectivity index (χ1n) is 7.50. The highest BCUT2D eigenvalue weighted by atomic mass is 14.9. The summed E-state index contributed by atoms with van der Waals surface area (Å²) in [7, 11) is 0. The van der Waals surface area contributed by atoms with E-state index in [0.717, 1.165) is 35.8 Å². The van der Waals surface area contributed by atoms with Crippen LogP contribution in [-0.4, -0.2) is 9.97 Å². The Labute approximate surface area is 120 Å². The highest BCUT2D eigenvalue weighted by molar-refractivity contribution is 5.63. The molecular formula is C17H21N3. The monoisotopic (exact) mass is 267 g/mol. The van der Waals surface area contributed by atoms with Gasteiger partial charge >= 0.3 is 0 Å². The number of hydrogen-bond donors (Lipinski definition) is 1. The summed E-state index contributed by atoms with van der Waals surface area (Å²) in [5, 5.41) is 0. The van der Waals surface area contributed by atoms with Crippen LogP contribution in [0.4, 0.5) is 5.82 Å². The molecule has 1 heterocycles. The predicted molar refractivity (Wildman–Crippen MR) is 82.5 cm³/mol. The third-order valence-electron chi connectivity index (χ3n) is 4.02. The van der Waals surface area contributed by atoms with Gasteiger partial charge in [0.2, 0.25) is 0 Å². The minimum atomic E-state index is 0.562. The standard InChI is InChI=1S/C17H21N3/c1-2-5-17-19-15(11-16(18)20-17)14-9-4-8-13(10-14)12-6-3-7-12/h4,8-12H,2-3,5-7H2,1H3,(H2,18,19,20). The molecule has 1 aromatic carbocycles. The molecule has 0 atom stereocenters. The molecule has 0 unspecified atom stereocenters. The summed E-state index contributed by atoms with van der Waals surface area (Å²) >= 11 is 0. The van der Waals surface area contributed by atoms with Gasteiger partial charge in [0.1, 0.15) is 11.6 Å². The zero-order valence-electron chi connectivity index (χ0n) is 12.0. The number of benzene rings is 1. The van der Waals surface area contributed by atoms with Gasteiger partial charge in [0.25, 0.3) is 0 Å². The number of nitrogens with zero attached hydrogens (tertiary/aromatic N) is 2. The van der Waals surface area contributed by atoms with Crippen LogP contribution in [0.3, 0.4) is 0 Å². The average Bonchev–Trinajstić information content (AvgIpc) is 2.37. The molecule has 1 fully saturated rings. The van der Waals surface area contributed by atoms with E-state index in [4.69, 9.17) is 5.73 Å². The summed E-state index contributed by atoms with van der Waals surface area (Å²) in [6.07, 6.45) is 5.90. The molecule has 0 saturated heterocycles. The average molecular weight is 267 g/mol. The Morgan fingerprint density at radius 2 is 2.05 bits per heavy atom. The van der Waals surface area contributed by atoms with Crippen LogP contribution in [0.15, 0.2) is 30.3 Å². The molecule has 0 aliphatic heterocycles. The van der Waals surface area contributed by atoms with E-state index in [1.165, 1.54) is 24.8 Å². The number of nitrogen functional groups attached to an aromatic ring is 1. The topological polar surface area (TPSA) is 51.8 Å². The fraction of sp³-hybridized carbons (Fsp3) is 0.412. The van der Waals surface area contributed by atoms with Crippen LogP contribution in [0.5, 0.6) is 0 Å². The predicted octanol–water partition coefficient (Wildman–Crippen LogP) is 3.95. The molecule has 0 spiro atoms. The van der Waals surface area contributed by atoms with Gasteiger partial charge in [0.15, 0.2) is 0 Å². The number of nitrogens with two attached hydrogens (primary N) is 1. The zero-order chi connectivity index (χ0) is 13.9. The quantitative estimate of drug-likeness (QED) is 0.912. The molecule has 0 bridgehead atoms. The van der Waals surface area contributed by atoms with Crippen molar-refractivity contribution in [3.63, 3.8) is 0 Å². The minimum absolute atomic E-state index is 0.562. The van der Waals surface area contributed by atoms with Gasteiger partial charge in [-0.05, 0) is 36.8 Å². The summed E-state index contributed by atoms with van der Waals surface area (Å²) in [6.45, 7) is 2.13. The van der Waals surface area contributed by atoms with Crippen molar-refractivity contribution in [1.82, 2.24) is 9.97 Å². The molecule has 0 radical (unpaired) electrons. The van der Waals surface area contributed by atoms with Crippen molar-refractivity contribution in [3.05, 3.63) is 41.7 Å². The zero-order valence-corrected chi connectivity index (χ0v) is 12.0. The van der Waals surface area contributed by atoms with Crippen LogP contribution >= 0.6 is 0 Å². The molecule has 2 N–H and O–H groups in total. The Morgan fingerprint density at radius 3 is 2.75 bits per heavy atom. The van der Waals surface area contributed by atoms with E-state index in [1.807, 2.05) is 6.07 Å². The van der Waals surface area contributed by atoms with Gasteiger partial charge in [-0.15, -0.1) is 0 Å². The lowest BCUT2D eigenvalue weighted by atomic mass is 9.79. The molecule has 3 heteroatoms. The highest BCUT2D eigenvalue weighted by Gasteiger charge is 2.19. The lowest BCUT2D eigenvalue weighted by Crippen LogP contribution is -2.08. The molecule has 3 rings (SSSR count). The molecule has 1 aromatic heterocycles. The van der Waals surface area contributed by atoms with Gasteiger partial charge in [-0.25, -0.2) is 9.97 Å². The van der Waals surface area contributed by atoms with E-state index >= 15 is 0 Å². The van der Waals surface area contributed by atoms with E-state index in [0.29, 0.717) is 5.82 Å². The smallest absolute Gasteiger partial charge is 0.131 e. The number of rotatable bonds is 4. The molecule has 2 aromatic rings. The van der Waals surface area contributed by atoms with E-state index in [-0.39, 0.29) is 0 Å². The Morgan fingerprint density at radius 1 is 1.20 bits per heavy atom. The second kappa shape index (κ2) is 5.61. The largest absolute Gasteiger partial charge is 0.384 e. The van der Waals surface area contributed by atoms with Gasteiger partial charge in [-0.3, -0.25) is 0 Å². The number of aryl methyl sites for hydroxylation is 1. The molecule has 0 amide bonds. The van der Waals surface area contributed by atoms with Crippen molar-refractivity contribution in [2.45, 2.75) is 44.9 Å². The maximum absolute atomic E-state index is 5.91. The van der Waals surface area contributed by atoms with Crippen molar-refractivity contribution in [2.24, 2.45) is 0 Å². The maximum Gasteiger partial charge on any atom is 0.131 e. The van der Waals surface area contributed by atoms with E-state index in [2.05, 4.69) is 41.2 Å². The lowest BCUT2D eigenvalue weighted by molar-refractivity contribution is 0.420. The molecule has 1 saturated carbocycles. The Balaban J connectivity index is 1.95. The van der Waals surface area contributed by atoms with Gasteiger partial charge in [0.05, 0.1) is 5.69 Å². The van der Waals surface area contributed by atoms with E-state index in [1.54, 1.807) is 0 Å². The summed E-state index contributed by atoms with van der Waals surface area (Å²) in [5.41, 5.74) is 9.44. The maximum atomic E-state index is 5.91. The second-order valence-corrected chi connectivity index (χ2v) is 5.60. The summed E-state index contributed by atoms with van der Waals surface area (Å²) in [5.74, 6) is 2.15. The second-order valence-electron chi connectivity index (χ2n) is 5.60. The normalized spacial score (nSPS) is 15.1. The molecule has 1 aliphatic carbocycles. The van der Waals surface area contributed by atoms with Crippen LogP contribution < -0.4 is 5.73 Å². The van der Waals surface area contributed by atoms with Crippen LogP contribution in [0, 0.1) is 0 Å². The van der Waals surface area contributed by atoms with Gasteiger partial charge < -0.3 is 5.73 Å². The number of aromatic nitrogens is 2. The van der Waals surface area contributed by atoms with Gasteiger partial charge in [-0.2, -0.15) is 0 Å². The van der Waals surface area contributed by atoms with Crippen molar-refractivity contribution in [3.8, 4) is 11.3 Å². The Bertz CT molecular complexity index is 603. The SMILES string of the molecule is CCCc1nc(N)cc(-c2cccc(C3CCC3)c2)n1. The Kier molecular flexibility index (Phi) is 3.68. The highest BCUT2D eigenvalue weighted by Crippen LogP contribution is 2.37. The van der Waals surface area contributed by atoms with Gasteiger partial charge in [-0.1, -0.05) is 31.5 Å². The number of anilines is 1. The first-order valence-corrected chi connectivity index (χ1v) is 7.50. The van der Waals surface area contributed by atoms with E-state index in [9.17, 15) is 0 Å². The summed E-state index contributed by atoms with van der Waals surface area (Å²) < 4.78 is 0. The summed E-state index contributed by atoms with van der Waals surface area (Å²) in [6, 6.07) is 10.6. The molecular weight excluding hydrogens is 246 g/mol. The number of hydrogen-bond acceptors (Lipinski definition) is 3. The van der Waals surface area contributed by atoms with Gasteiger partial charge in [0, 0.05) is 18.1 Å². The van der Waals surface area contributed by atoms with Crippen molar-refractivity contribution < 1.29 is 0 Å². The van der Waals surface area contributed by atoms with Crippen LogP contribution in [0.25, 0.3) is 11.3 Å². The molecule has 3 nitrogen and oxygen atoms in total. The molecule has 1 aliphatic rings. The third-order valence-corrected chi connectivity index (χ3v) is 4.02. The van der Waals surface area contributed by atoms with Crippen molar-refractivity contribution >= 4 is 5.82 Å². The van der Waals surface area contributed by atoms with Crippen LogP contribution in [0.2, 0.25) is 0 Å². The Hall–Kier alpha value is -1.90. The van der Waals surface area contributed by atoms with Crippen LogP contribution in [0.1, 0.15) is 49.9 Å². The minimum Gasteiger partial charge on any atom is -0.384 e. The van der Waals surface area contributed by atoms with Crippen molar-refractivity contribution in [2.75, 3.05) is 5.73 Å². The lowest BCUT2D eigenvalue weighted by Gasteiger charge is -2.26. The fourth-order valence-corrected chi connectivity index (χ4v) is 2.69.